The van der Waals surface area contributed by atoms with Gasteiger partial charge in [0.2, 0.25) is 5.91 Å². The zero-order valence-corrected chi connectivity index (χ0v) is 14.6. The van der Waals surface area contributed by atoms with Gasteiger partial charge in [0.25, 0.3) is 5.56 Å². The maximum atomic E-state index is 13.8. The number of amides is 1. The zero-order valence-electron chi connectivity index (χ0n) is 14.6. The topological polar surface area (TPSA) is 55.5 Å². The largest absolute Gasteiger partial charge is 0.353 e. The summed E-state index contributed by atoms with van der Waals surface area (Å²) in [5.74, 6) is -0.347. The molecule has 0 bridgehead atoms. The number of aryl methyl sites for hydroxylation is 1. The van der Waals surface area contributed by atoms with E-state index in [1.54, 1.807) is 33.4 Å². The van der Waals surface area contributed by atoms with Gasteiger partial charge in [-0.2, -0.15) is 0 Å². The van der Waals surface area contributed by atoms with Crippen LogP contribution in [0, 0.1) is 5.82 Å². The van der Waals surface area contributed by atoms with E-state index in [2.05, 4.69) is 5.32 Å². The number of aromatic nitrogens is 2. The molecule has 1 aromatic carbocycles. The lowest BCUT2D eigenvalue weighted by atomic mass is 10.2. The number of carbonyl (C=O) groups is 1. The van der Waals surface area contributed by atoms with E-state index in [1.165, 1.54) is 25.0 Å². The molecule has 26 heavy (non-hydrogen) atoms. The first-order chi connectivity index (χ1) is 12.6. The number of benzene rings is 1. The van der Waals surface area contributed by atoms with Crippen LogP contribution < -0.4 is 10.9 Å². The first-order valence-corrected chi connectivity index (χ1v) is 9.22. The molecule has 1 aliphatic rings. The molecule has 1 N–H and O–H groups in total. The Bertz CT molecular complexity index is 1010. The van der Waals surface area contributed by atoms with Crippen molar-refractivity contribution in [3.8, 4) is 0 Å². The Morgan fingerprint density at radius 1 is 1.15 bits per heavy atom. The first-order valence-electron chi connectivity index (χ1n) is 9.22. The first kappa shape index (κ1) is 16.8. The van der Waals surface area contributed by atoms with Crippen LogP contribution in [0.15, 0.2) is 41.3 Å². The molecule has 0 saturated heterocycles. The molecule has 5 nitrogen and oxygen atoms in total. The fourth-order valence-corrected chi connectivity index (χ4v) is 3.92. The molecule has 0 radical (unpaired) electrons. The molecule has 1 aliphatic carbocycles. The standard InChI is InChI=1S/C20H22FN3O2/c21-14-9-10-16-18(13-14)24(20(26)17-7-3-11-23(16)17)12-4-8-19(25)22-15-5-1-2-6-15/h3,7,9-11,13,15H,1-2,4-6,8,12H2,(H,22,25). The van der Waals surface area contributed by atoms with Crippen molar-refractivity contribution in [2.75, 3.05) is 0 Å². The van der Waals surface area contributed by atoms with Crippen molar-refractivity contribution in [3.63, 3.8) is 0 Å². The van der Waals surface area contributed by atoms with Crippen LogP contribution in [0.5, 0.6) is 0 Å². The molecule has 6 heteroatoms. The van der Waals surface area contributed by atoms with E-state index >= 15 is 0 Å². The lowest BCUT2D eigenvalue weighted by molar-refractivity contribution is -0.121. The molecule has 0 spiro atoms. The fraction of sp³-hybridized carbons (Fsp3) is 0.400. The highest BCUT2D eigenvalue weighted by Gasteiger charge is 2.17. The molecule has 0 aliphatic heterocycles. The van der Waals surface area contributed by atoms with Crippen LogP contribution in [-0.2, 0) is 11.3 Å². The summed E-state index contributed by atoms with van der Waals surface area (Å²) in [5, 5.41) is 3.06. The molecular weight excluding hydrogens is 333 g/mol. The average molecular weight is 355 g/mol. The predicted octanol–water partition coefficient (Wildman–Crippen LogP) is 3.23. The average Bonchev–Trinajstić information content (AvgIpc) is 3.29. The molecule has 136 valence electrons. The number of carbonyl (C=O) groups excluding carboxylic acids is 1. The van der Waals surface area contributed by atoms with E-state index in [0.29, 0.717) is 36.5 Å². The second-order valence-corrected chi connectivity index (χ2v) is 7.01. The Morgan fingerprint density at radius 3 is 2.77 bits per heavy atom. The van der Waals surface area contributed by atoms with Gasteiger partial charge in [-0.1, -0.05) is 12.8 Å². The van der Waals surface area contributed by atoms with E-state index in [9.17, 15) is 14.0 Å². The van der Waals surface area contributed by atoms with Crippen LogP contribution in [0.3, 0.4) is 0 Å². The molecule has 3 aromatic rings. The van der Waals surface area contributed by atoms with E-state index in [0.717, 1.165) is 18.4 Å². The molecular formula is C20H22FN3O2. The Morgan fingerprint density at radius 2 is 1.96 bits per heavy atom. The van der Waals surface area contributed by atoms with Gasteiger partial charge in [0.15, 0.2) is 0 Å². The van der Waals surface area contributed by atoms with Gasteiger partial charge in [0.1, 0.15) is 11.3 Å². The lowest BCUT2D eigenvalue weighted by Gasteiger charge is -2.14. The van der Waals surface area contributed by atoms with Gasteiger partial charge in [0, 0.05) is 25.2 Å². The van der Waals surface area contributed by atoms with Crippen molar-refractivity contribution < 1.29 is 9.18 Å². The van der Waals surface area contributed by atoms with Gasteiger partial charge in [0.05, 0.1) is 11.0 Å². The number of rotatable bonds is 5. The fourth-order valence-electron chi connectivity index (χ4n) is 3.92. The second-order valence-electron chi connectivity index (χ2n) is 7.01. The van der Waals surface area contributed by atoms with Crippen LogP contribution in [0.1, 0.15) is 38.5 Å². The summed E-state index contributed by atoms with van der Waals surface area (Å²) < 4.78 is 17.1. The minimum atomic E-state index is -0.379. The van der Waals surface area contributed by atoms with Crippen LogP contribution in [-0.4, -0.2) is 20.9 Å². The third kappa shape index (κ3) is 3.11. The van der Waals surface area contributed by atoms with Crippen LogP contribution in [0.25, 0.3) is 16.6 Å². The smallest absolute Gasteiger partial charge is 0.275 e. The number of hydrogen-bond acceptors (Lipinski definition) is 2. The highest BCUT2D eigenvalue weighted by molar-refractivity contribution is 5.79. The van der Waals surface area contributed by atoms with Crippen molar-refractivity contribution in [3.05, 3.63) is 52.7 Å². The number of nitrogens with one attached hydrogen (secondary N) is 1. The molecule has 1 fully saturated rings. The van der Waals surface area contributed by atoms with Gasteiger partial charge in [-0.25, -0.2) is 4.39 Å². The molecule has 1 amide bonds. The van der Waals surface area contributed by atoms with Crippen molar-refractivity contribution in [1.82, 2.24) is 14.3 Å². The number of fused-ring (bicyclic) bond motifs is 3. The van der Waals surface area contributed by atoms with Gasteiger partial charge >= 0.3 is 0 Å². The quantitative estimate of drug-likeness (QED) is 0.764. The third-order valence-corrected chi connectivity index (χ3v) is 5.21. The predicted molar refractivity (Wildman–Crippen MR) is 98.8 cm³/mol. The summed E-state index contributed by atoms with van der Waals surface area (Å²) in [7, 11) is 0. The van der Waals surface area contributed by atoms with Crippen molar-refractivity contribution in [2.45, 2.75) is 51.1 Å². The highest BCUT2D eigenvalue weighted by Crippen LogP contribution is 2.19. The molecule has 1 saturated carbocycles. The zero-order chi connectivity index (χ0) is 18.1. The van der Waals surface area contributed by atoms with E-state index < -0.39 is 0 Å². The van der Waals surface area contributed by atoms with Crippen LogP contribution >= 0.6 is 0 Å². The maximum absolute atomic E-state index is 13.8. The SMILES string of the molecule is O=C(CCCn1c(=O)c2cccn2c2ccc(F)cc21)NC1CCCC1. The van der Waals surface area contributed by atoms with E-state index in [-0.39, 0.29) is 17.3 Å². The molecule has 0 unspecified atom stereocenters. The Hall–Kier alpha value is -2.63. The Balaban J connectivity index is 1.56. The third-order valence-electron chi connectivity index (χ3n) is 5.21. The molecule has 2 heterocycles. The monoisotopic (exact) mass is 355 g/mol. The number of nitrogens with zero attached hydrogens (tertiary/aromatic N) is 2. The van der Waals surface area contributed by atoms with Crippen LogP contribution in [0.4, 0.5) is 4.39 Å². The van der Waals surface area contributed by atoms with Gasteiger partial charge in [-0.05, 0) is 49.6 Å². The second kappa shape index (κ2) is 6.94. The molecule has 2 aromatic heterocycles. The Kier molecular flexibility index (Phi) is 4.49. The summed E-state index contributed by atoms with van der Waals surface area (Å²) in [6, 6.07) is 8.32. The lowest BCUT2D eigenvalue weighted by Crippen LogP contribution is -2.32. The van der Waals surface area contributed by atoms with Crippen molar-refractivity contribution in [2.24, 2.45) is 0 Å². The summed E-state index contributed by atoms with van der Waals surface area (Å²) in [5.41, 5.74) is 1.72. The van der Waals surface area contributed by atoms with Crippen molar-refractivity contribution in [1.29, 1.82) is 0 Å². The van der Waals surface area contributed by atoms with E-state index in [1.807, 2.05) is 0 Å². The maximum Gasteiger partial charge on any atom is 0.275 e. The normalized spacial score (nSPS) is 15.1. The Labute approximate surface area is 150 Å². The summed E-state index contributed by atoms with van der Waals surface area (Å²) >= 11 is 0. The minimum Gasteiger partial charge on any atom is -0.353 e. The van der Waals surface area contributed by atoms with Crippen LogP contribution in [0.2, 0.25) is 0 Å². The minimum absolute atomic E-state index is 0.0317. The highest BCUT2D eigenvalue weighted by atomic mass is 19.1. The van der Waals surface area contributed by atoms with Gasteiger partial charge < -0.3 is 14.3 Å². The van der Waals surface area contributed by atoms with Gasteiger partial charge in [-0.3, -0.25) is 9.59 Å². The van der Waals surface area contributed by atoms with Crippen molar-refractivity contribution >= 4 is 22.5 Å². The summed E-state index contributed by atoms with van der Waals surface area (Å²) in [6.45, 7) is 0.387. The molecule has 0 atom stereocenters. The van der Waals surface area contributed by atoms with Gasteiger partial charge in [-0.15, -0.1) is 0 Å². The number of halogens is 1. The molecule has 4 rings (SSSR count). The van der Waals surface area contributed by atoms with E-state index in [4.69, 9.17) is 0 Å². The summed E-state index contributed by atoms with van der Waals surface area (Å²) in [6.07, 6.45) is 7.17. The number of hydrogen-bond donors (Lipinski definition) is 1. The summed E-state index contributed by atoms with van der Waals surface area (Å²) in [4.78, 5) is 24.9.